The van der Waals surface area contributed by atoms with Crippen molar-refractivity contribution >= 4 is 131 Å². The molecule has 10 heteroatoms. The Morgan fingerprint density at radius 1 is 0.609 bits per heavy atom. The Kier molecular flexibility index (Phi) is 14.3. The summed E-state index contributed by atoms with van der Waals surface area (Å²) in [5, 5.41) is 2.89. The van der Waals surface area contributed by atoms with Gasteiger partial charge in [0.1, 0.15) is 0 Å². The Bertz CT molecular complexity index is 2020. The Balaban J connectivity index is 0.000000148. The van der Waals surface area contributed by atoms with Crippen LogP contribution in [0.4, 0.5) is 0 Å². The molecule has 46 heavy (non-hydrogen) atoms. The molecule has 0 radical (unpaired) electrons. The molecule has 0 spiro atoms. The van der Waals surface area contributed by atoms with Gasteiger partial charge in [0.15, 0.2) is 0 Å². The van der Waals surface area contributed by atoms with Crippen molar-refractivity contribution in [3.05, 3.63) is 155 Å². The van der Waals surface area contributed by atoms with Gasteiger partial charge in [-0.15, -0.1) is 0 Å². The summed E-state index contributed by atoms with van der Waals surface area (Å²) in [6.45, 7) is 0. The summed E-state index contributed by atoms with van der Waals surface area (Å²) in [6, 6.07) is 50.2. The van der Waals surface area contributed by atoms with E-state index in [9.17, 15) is 4.19 Å². The van der Waals surface area contributed by atoms with Gasteiger partial charge in [-0.3, -0.25) is 0 Å². The zero-order valence-corrected chi connectivity index (χ0v) is 34.5. The van der Waals surface area contributed by atoms with E-state index in [1.807, 2.05) is 48.5 Å². The molecule has 0 atom stereocenters. The number of hydrogen-bond acceptors (Lipinski definition) is 2. The second-order valence-electron chi connectivity index (χ2n) is 9.50. The van der Waals surface area contributed by atoms with Gasteiger partial charge in [-0.1, -0.05) is 68.3 Å². The first kappa shape index (κ1) is 34.1. The molecule has 2 heterocycles. The number of fused-ring (bicyclic) bond motifs is 6. The van der Waals surface area contributed by atoms with E-state index in [2.05, 4.69) is 144 Å². The average molecular weight is 992 g/mol. The van der Waals surface area contributed by atoms with Gasteiger partial charge in [0.05, 0.1) is 0 Å². The first-order valence-electron chi connectivity index (χ1n) is 14.9. The Labute approximate surface area is 315 Å². The van der Waals surface area contributed by atoms with Crippen LogP contribution < -0.4 is 8.92 Å². The van der Waals surface area contributed by atoms with Gasteiger partial charge in [0, 0.05) is 8.95 Å². The predicted molar refractivity (Wildman–Crippen MR) is 213 cm³/mol. The minimum atomic E-state index is -1.91. The van der Waals surface area contributed by atoms with E-state index in [4.69, 9.17) is 6.51 Å². The minimum absolute atomic E-state index is 0.535. The van der Waals surface area contributed by atoms with Crippen molar-refractivity contribution in [2.45, 2.75) is 0 Å². The van der Waals surface area contributed by atoms with E-state index in [1.54, 1.807) is 0 Å². The number of benzene rings is 6. The van der Waals surface area contributed by atoms with Crippen molar-refractivity contribution in [2.24, 2.45) is 0 Å². The molecule has 1 aliphatic rings. The Hall–Kier alpha value is -1.75. The van der Waals surface area contributed by atoms with Crippen LogP contribution in [-0.2, 0) is 3.83 Å². The molecule has 0 saturated carbocycles. The summed E-state index contributed by atoms with van der Waals surface area (Å²) in [5.74, 6) is 0. The van der Waals surface area contributed by atoms with Crippen LogP contribution in [-0.4, -0.2) is 77.7 Å². The summed E-state index contributed by atoms with van der Waals surface area (Å²) < 4.78 is 39.0. The molecule has 0 aliphatic carbocycles. The molecule has 0 saturated heterocycles. The molecular weight excluding hydrogens is 962 g/mol. The number of halogens is 2. The van der Waals surface area contributed by atoms with Crippen molar-refractivity contribution in [1.29, 1.82) is 2.67 Å². The van der Waals surface area contributed by atoms with Gasteiger partial charge in [-0.05, 0) is 23.3 Å². The van der Waals surface area contributed by atoms with Gasteiger partial charge in [-0.25, -0.2) is 0 Å². The molecule has 2 nitrogen and oxygen atoms in total. The van der Waals surface area contributed by atoms with Gasteiger partial charge in [0.2, 0.25) is 0 Å². The van der Waals surface area contributed by atoms with Crippen molar-refractivity contribution in [3.8, 4) is 22.3 Å². The summed E-state index contributed by atoms with van der Waals surface area (Å²) in [5.41, 5.74) is 4.87. The van der Waals surface area contributed by atoms with E-state index < -0.39 is 28.5 Å². The molecule has 228 valence electrons. The predicted octanol–water partition coefficient (Wildman–Crippen LogP) is 6.25. The van der Waals surface area contributed by atoms with Gasteiger partial charge in [-0.2, -0.15) is 0 Å². The summed E-state index contributed by atoms with van der Waals surface area (Å²) in [6.07, 6.45) is 2.01. The third-order valence-corrected chi connectivity index (χ3v) is 14.2. The van der Waals surface area contributed by atoms with E-state index in [0.29, 0.717) is 14.5 Å². The van der Waals surface area contributed by atoms with Gasteiger partial charge < -0.3 is 0 Å². The first-order chi connectivity index (χ1) is 23.4. The molecule has 6 aromatic carbocycles. The number of rotatable bonds is 1. The van der Waals surface area contributed by atoms with Crippen molar-refractivity contribution in [3.63, 3.8) is 0 Å². The van der Waals surface area contributed by atoms with E-state index >= 15 is 0 Å². The van der Waals surface area contributed by atoms with Crippen LogP contribution in [0.1, 0.15) is 0 Å². The first-order valence-corrected chi connectivity index (χ1v) is 22.5. The van der Waals surface area contributed by atoms with Crippen LogP contribution >= 0.6 is 31.9 Å². The summed E-state index contributed by atoms with van der Waals surface area (Å²) in [7, 11) is 0. The van der Waals surface area contributed by atoms with Crippen LogP contribution in [0, 0.1) is 0 Å². The second-order valence-corrected chi connectivity index (χ2v) is 17.2. The normalized spacial score (nSPS) is 11.4. The topological polar surface area (TPSA) is 37.3 Å². The Morgan fingerprint density at radius 2 is 0.935 bits per heavy atom. The molecule has 7 aromatic rings. The molecule has 1 aromatic heterocycles. The van der Waals surface area contributed by atoms with Gasteiger partial charge >= 0.3 is 218 Å². The van der Waals surface area contributed by atoms with Gasteiger partial charge in [0.25, 0.3) is 0 Å². The van der Waals surface area contributed by atoms with Crippen LogP contribution in [0.2, 0.25) is 0 Å². The Morgan fingerprint density at radius 3 is 1.33 bits per heavy atom. The van der Waals surface area contributed by atoms with Crippen molar-refractivity contribution in [2.75, 3.05) is 0 Å². The molecule has 0 unspecified atom stereocenters. The second kappa shape index (κ2) is 19.3. The monoisotopic (exact) mass is 994 g/mol. The van der Waals surface area contributed by atoms with Crippen LogP contribution in [0.5, 0.6) is 0 Å². The third-order valence-electron chi connectivity index (χ3n) is 6.88. The van der Waals surface area contributed by atoms with Crippen molar-refractivity contribution < 1.29 is 8.02 Å². The zero-order valence-electron chi connectivity index (χ0n) is 26.3. The zero-order chi connectivity index (χ0) is 34.3. The SMILES string of the molecule is Brc1ccccc1-c1ccccc1Br.O[SeH]1c2ccccc2-c2ccccc21.[2H]B=[Se].[2H]B=[Se]=O.c1ccc2c(c1)[se]c1ccccc12. The molecule has 8 rings (SSSR count). The van der Waals surface area contributed by atoms with Crippen LogP contribution in [0.25, 0.3) is 41.5 Å². The van der Waals surface area contributed by atoms with Crippen LogP contribution in [0.15, 0.2) is 155 Å². The molecule has 1 N–H and O–H groups in total. The summed E-state index contributed by atoms with van der Waals surface area (Å²) >= 11 is 7.27. The molecule has 0 fully saturated rings. The average Bonchev–Trinajstić information content (AvgIpc) is 3.65. The van der Waals surface area contributed by atoms with Crippen molar-refractivity contribution in [1.82, 2.24) is 0 Å². The quantitative estimate of drug-likeness (QED) is 0.198. The fraction of sp³-hybridized carbons (Fsp3) is 0. The maximum absolute atomic E-state index is 10.2. The number of hydrogen-bond donors (Lipinski definition) is 1. The molecule has 0 amide bonds. The van der Waals surface area contributed by atoms with Crippen LogP contribution in [0.3, 0.4) is 0 Å². The fourth-order valence-electron chi connectivity index (χ4n) is 4.94. The maximum atomic E-state index is 10.2. The molecular formula is C36H28B2Br2O2Se4. The molecule has 0 bridgehead atoms. The fourth-order valence-corrected chi connectivity index (χ4v) is 11.5. The van der Waals surface area contributed by atoms with E-state index in [1.165, 1.54) is 50.5 Å². The molecule has 1 aliphatic heterocycles. The van der Waals surface area contributed by atoms with E-state index in [0.717, 1.165) is 21.4 Å². The van der Waals surface area contributed by atoms with E-state index in [-0.39, 0.29) is 0 Å². The summed E-state index contributed by atoms with van der Waals surface area (Å²) in [4.78, 5) is 0. The third kappa shape index (κ3) is 9.23. The standard InChI is InChI=1S/C12H8Br2.C12H10OSe.C12H8Se.BHOSe.BHSe/c13-11-7-3-1-5-9(11)10-6-2-4-8-12(10)14;13-14-11-7-3-1-5-9(11)10-6-2-4-8-12(10)14;1-3-7-11-9(5-1)10-6-2-4-8-12(10)13-11;1-3-2;1-2/h1-8H;1-8,13-14H;1-8H;1H;1H/i;;;2*1D.